The highest BCUT2D eigenvalue weighted by Gasteiger charge is 2.45. The number of ether oxygens (including phenoxy) is 2. The molecular weight excluding hydrogens is 677 g/mol. The van der Waals surface area contributed by atoms with Crippen LogP contribution in [-0.2, 0) is 26.3 Å². The molecule has 4 aliphatic rings. The van der Waals surface area contributed by atoms with Crippen LogP contribution in [0.4, 0.5) is 0 Å². The Bertz CT molecular complexity index is 1920. The van der Waals surface area contributed by atoms with Crippen molar-refractivity contribution in [2.75, 3.05) is 20.2 Å². The molecule has 4 fully saturated rings. The summed E-state index contributed by atoms with van der Waals surface area (Å²) in [5.74, 6) is 0.606. The topological polar surface area (TPSA) is 110 Å². The number of carbonyl (C=O) groups is 2. The minimum absolute atomic E-state index is 0.173. The van der Waals surface area contributed by atoms with E-state index < -0.39 is 21.5 Å². The third kappa shape index (κ3) is 7.00. The highest BCUT2D eigenvalue weighted by Crippen LogP contribution is 2.47. The molecule has 2 bridgehead atoms. The number of rotatable bonds is 9. The summed E-state index contributed by atoms with van der Waals surface area (Å²) in [6, 6.07) is 12.4. The lowest BCUT2D eigenvalue weighted by atomic mass is 9.81. The number of nitrogens with one attached hydrogen (secondary N) is 1. The van der Waals surface area contributed by atoms with Crippen LogP contribution in [0, 0.1) is 12.3 Å². The van der Waals surface area contributed by atoms with Gasteiger partial charge in [-0.05, 0) is 127 Å². The van der Waals surface area contributed by atoms with E-state index in [1.807, 2.05) is 32.0 Å². The molecule has 1 saturated carbocycles. The number of fused-ring (bicyclic) bond motifs is 3. The summed E-state index contributed by atoms with van der Waals surface area (Å²) in [4.78, 5) is 30.7. The van der Waals surface area contributed by atoms with E-state index in [0.717, 1.165) is 84.8 Å². The second-order valence-electron chi connectivity index (χ2n) is 16.5. The standard InChI is InChI=1S/C41H56N4O6S/c1-26-21-33(50-6)18-20-34(26)38-37(29-11-8-7-9-12-29)35-19-15-30(39(46)42-52(48,49)43-23-27(2)51-28(3)24-43)22-36(35)44(38)25-41(4,5)40(47)45-31-13-10-14-32(45)17-16-31/h15,18-22,27-29,31-32H,7-14,16-17,23-25H2,1-6H3,(H,42,46)/t27-,28+,31?,32?. The highest BCUT2D eigenvalue weighted by molar-refractivity contribution is 7.87. The molecule has 0 radical (unpaired) electrons. The summed E-state index contributed by atoms with van der Waals surface area (Å²) in [6.07, 6.45) is 10.5. The van der Waals surface area contributed by atoms with Crippen molar-refractivity contribution < 1.29 is 27.5 Å². The number of hydrogen-bond donors (Lipinski definition) is 1. The number of benzene rings is 2. The number of aryl methyl sites for hydroxylation is 1. The molecule has 4 atom stereocenters. The SMILES string of the molecule is COc1ccc(-c2c(C3CCCCC3)c3ccc(C(=O)NS(=O)(=O)N4C[C@@H](C)O[C@@H](C)C4)cc3n2CC(C)(C)C(=O)N2C3CCCC2CC3)c(C)c1. The first-order valence-corrected chi connectivity index (χ1v) is 20.8. The fourth-order valence-electron chi connectivity index (χ4n) is 9.63. The van der Waals surface area contributed by atoms with Gasteiger partial charge in [-0.3, -0.25) is 9.59 Å². The van der Waals surface area contributed by atoms with Crippen molar-refractivity contribution in [3.63, 3.8) is 0 Å². The first-order chi connectivity index (χ1) is 24.8. The number of hydrogen-bond acceptors (Lipinski definition) is 6. The number of piperidine rings is 1. The molecule has 1 aromatic heterocycles. The van der Waals surface area contributed by atoms with E-state index in [9.17, 15) is 18.0 Å². The molecule has 11 heteroatoms. The van der Waals surface area contributed by atoms with E-state index in [2.05, 4.69) is 47.1 Å². The van der Waals surface area contributed by atoms with Crippen LogP contribution in [0.3, 0.4) is 0 Å². The van der Waals surface area contributed by atoms with Crippen LogP contribution in [0.5, 0.6) is 5.75 Å². The molecule has 0 spiro atoms. The Balaban J connectivity index is 1.36. The van der Waals surface area contributed by atoms with Crippen molar-refractivity contribution in [1.82, 2.24) is 18.5 Å². The summed E-state index contributed by atoms with van der Waals surface area (Å²) >= 11 is 0. The van der Waals surface area contributed by atoms with Gasteiger partial charge in [0.2, 0.25) is 5.91 Å². The molecule has 3 saturated heterocycles. The van der Waals surface area contributed by atoms with Gasteiger partial charge in [-0.15, -0.1) is 0 Å². The number of carbonyl (C=O) groups excluding carboxylic acids is 2. The van der Waals surface area contributed by atoms with Crippen LogP contribution < -0.4 is 9.46 Å². The molecule has 7 rings (SSSR count). The predicted octanol–water partition coefficient (Wildman–Crippen LogP) is 7.33. The lowest BCUT2D eigenvalue weighted by Gasteiger charge is -2.40. The Morgan fingerprint density at radius 2 is 1.58 bits per heavy atom. The van der Waals surface area contributed by atoms with Crippen LogP contribution >= 0.6 is 0 Å². The van der Waals surface area contributed by atoms with E-state index >= 15 is 0 Å². The Morgan fingerprint density at radius 3 is 2.21 bits per heavy atom. The first kappa shape index (κ1) is 36.9. The third-order valence-electron chi connectivity index (χ3n) is 12.1. The van der Waals surface area contributed by atoms with E-state index in [1.165, 1.54) is 22.7 Å². The van der Waals surface area contributed by atoms with Gasteiger partial charge in [-0.2, -0.15) is 12.7 Å². The van der Waals surface area contributed by atoms with Gasteiger partial charge in [0.15, 0.2) is 0 Å². The molecule has 1 aliphatic carbocycles. The number of morpholine rings is 1. The molecular formula is C41H56N4O6S. The van der Waals surface area contributed by atoms with E-state index in [1.54, 1.807) is 13.2 Å². The van der Waals surface area contributed by atoms with Crippen molar-refractivity contribution in [2.24, 2.45) is 5.41 Å². The van der Waals surface area contributed by atoms with Gasteiger partial charge in [0, 0.05) is 53.7 Å². The molecule has 1 N–H and O–H groups in total. The fraction of sp³-hybridized carbons (Fsp3) is 0.610. The Hall–Kier alpha value is -3.41. The third-order valence-corrected chi connectivity index (χ3v) is 13.5. The Kier molecular flexibility index (Phi) is 10.3. The fourth-order valence-corrected chi connectivity index (χ4v) is 10.9. The van der Waals surface area contributed by atoms with Gasteiger partial charge >= 0.3 is 10.2 Å². The smallest absolute Gasteiger partial charge is 0.304 e. The second-order valence-corrected chi connectivity index (χ2v) is 18.2. The first-order valence-electron chi connectivity index (χ1n) is 19.4. The average Bonchev–Trinajstić information content (AvgIpc) is 3.55. The summed E-state index contributed by atoms with van der Waals surface area (Å²) in [5.41, 5.74) is 4.82. The molecule has 10 nitrogen and oxygen atoms in total. The zero-order valence-corrected chi connectivity index (χ0v) is 32.6. The molecule has 3 aromatic rings. The molecule has 2 amide bonds. The van der Waals surface area contributed by atoms with Crippen molar-refractivity contribution in [3.05, 3.63) is 53.1 Å². The zero-order valence-electron chi connectivity index (χ0n) is 31.7. The zero-order chi connectivity index (χ0) is 36.9. The quantitative estimate of drug-likeness (QED) is 0.247. The monoisotopic (exact) mass is 732 g/mol. The van der Waals surface area contributed by atoms with Crippen LogP contribution in [0.2, 0.25) is 0 Å². The van der Waals surface area contributed by atoms with Gasteiger partial charge < -0.3 is 18.9 Å². The van der Waals surface area contributed by atoms with E-state index in [0.29, 0.717) is 24.5 Å². The number of nitrogens with zero attached hydrogens (tertiary/aromatic N) is 3. The molecule has 2 unspecified atom stereocenters. The van der Waals surface area contributed by atoms with Gasteiger partial charge in [0.1, 0.15) is 5.75 Å². The maximum absolute atomic E-state index is 14.6. The Morgan fingerprint density at radius 1 is 0.904 bits per heavy atom. The number of aromatic nitrogens is 1. The van der Waals surface area contributed by atoms with Crippen LogP contribution in [0.15, 0.2) is 36.4 Å². The van der Waals surface area contributed by atoms with Gasteiger partial charge in [-0.1, -0.05) is 25.3 Å². The lowest BCUT2D eigenvalue weighted by molar-refractivity contribution is -0.145. The molecule has 2 aromatic carbocycles. The number of methoxy groups -OCH3 is 1. The van der Waals surface area contributed by atoms with Crippen molar-refractivity contribution in [3.8, 4) is 17.0 Å². The lowest BCUT2D eigenvalue weighted by Crippen LogP contribution is -2.52. The van der Waals surface area contributed by atoms with Gasteiger partial charge in [-0.25, -0.2) is 4.72 Å². The average molecular weight is 733 g/mol. The molecule has 4 heterocycles. The largest absolute Gasteiger partial charge is 0.497 e. The summed E-state index contributed by atoms with van der Waals surface area (Å²) in [5, 5.41) is 1.05. The van der Waals surface area contributed by atoms with Crippen molar-refractivity contribution >= 4 is 32.9 Å². The van der Waals surface area contributed by atoms with Crippen molar-refractivity contribution in [2.45, 2.75) is 136 Å². The summed E-state index contributed by atoms with van der Waals surface area (Å²) in [7, 11) is -2.43. The van der Waals surface area contributed by atoms with E-state index in [-0.39, 0.29) is 36.8 Å². The van der Waals surface area contributed by atoms with E-state index in [4.69, 9.17) is 9.47 Å². The molecule has 52 heavy (non-hydrogen) atoms. The van der Waals surface area contributed by atoms with Crippen LogP contribution in [-0.4, -0.2) is 78.5 Å². The highest BCUT2D eigenvalue weighted by atomic mass is 32.2. The minimum Gasteiger partial charge on any atom is -0.497 e. The van der Waals surface area contributed by atoms with Gasteiger partial charge in [0.05, 0.1) is 30.4 Å². The normalized spacial score (nSPS) is 24.7. The molecule has 3 aliphatic heterocycles. The van der Waals surface area contributed by atoms with Crippen LogP contribution in [0.25, 0.3) is 22.2 Å². The Labute approximate surface area is 309 Å². The number of amides is 2. The summed E-state index contributed by atoms with van der Waals surface area (Å²) < 4.78 is 44.2. The maximum atomic E-state index is 14.6. The second kappa shape index (κ2) is 14.4. The van der Waals surface area contributed by atoms with Gasteiger partial charge in [0.25, 0.3) is 5.91 Å². The molecule has 282 valence electrons. The van der Waals surface area contributed by atoms with Crippen LogP contribution in [0.1, 0.15) is 119 Å². The maximum Gasteiger partial charge on any atom is 0.304 e. The minimum atomic E-state index is -4.11. The van der Waals surface area contributed by atoms with Crippen molar-refractivity contribution in [1.29, 1.82) is 0 Å². The summed E-state index contributed by atoms with van der Waals surface area (Å²) in [6.45, 7) is 10.6. The predicted molar refractivity (Wildman–Crippen MR) is 204 cm³/mol.